The Hall–Kier alpha value is -1.98. The number of para-hydroxylation sites is 1. The number of likely N-dealkylation sites (N-methyl/N-ethyl adjacent to an activating group) is 1. The first kappa shape index (κ1) is 16.9. The minimum absolute atomic E-state index is 0.0830. The number of hydrogen-bond donors (Lipinski definition) is 1. The molecule has 1 aromatic heterocycles. The summed E-state index contributed by atoms with van der Waals surface area (Å²) in [4.78, 5) is 21.5. The number of fused-ring (bicyclic) bond motifs is 1. The van der Waals surface area contributed by atoms with Crippen LogP contribution in [0.4, 0.5) is 0 Å². The van der Waals surface area contributed by atoms with Gasteiger partial charge < -0.3 is 15.1 Å². The standard InChI is InChI=1S/C19H26N4O/c1-22-12-14-23(15-13-22)11-5-4-10-20-19(24)18-9-8-16-6-2-3-7-17(16)21-18/h2-3,6-9H,4-5,10-15H2,1H3,(H,20,24). The molecule has 1 aromatic carbocycles. The second-order valence-corrected chi connectivity index (χ2v) is 6.50. The van der Waals surface area contributed by atoms with E-state index in [-0.39, 0.29) is 5.91 Å². The summed E-state index contributed by atoms with van der Waals surface area (Å²) in [6.45, 7) is 6.46. The van der Waals surface area contributed by atoms with E-state index in [4.69, 9.17) is 0 Å². The first-order valence-electron chi connectivity index (χ1n) is 8.77. The van der Waals surface area contributed by atoms with Crippen LogP contribution in [0.2, 0.25) is 0 Å². The molecule has 1 fully saturated rings. The van der Waals surface area contributed by atoms with Gasteiger partial charge in [0.2, 0.25) is 0 Å². The summed E-state index contributed by atoms with van der Waals surface area (Å²) in [5.74, 6) is -0.0830. The van der Waals surface area contributed by atoms with Crippen LogP contribution in [-0.2, 0) is 0 Å². The zero-order valence-corrected chi connectivity index (χ0v) is 14.4. The second kappa shape index (κ2) is 8.22. The Balaban J connectivity index is 1.39. The molecule has 24 heavy (non-hydrogen) atoms. The van der Waals surface area contributed by atoms with Crippen LogP contribution < -0.4 is 5.32 Å². The predicted molar refractivity (Wildman–Crippen MR) is 97.2 cm³/mol. The normalized spacial score (nSPS) is 16.4. The molecule has 0 atom stereocenters. The van der Waals surface area contributed by atoms with Gasteiger partial charge in [-0.3, -0.25) is 4.79 Å². The van der Waals surface area contributed by atoms with Gasteiger partial charge in [0.25, 0.3) is 5.91 Å². The highest BCUT2D eigenvalue weighted by atomic mass is 16.1. The maximum absolute atomic E-state index is 12.2. The van der Waals surface area contributed by atoms with Gasteiger partial charge in [-0.05, 0) is 38.6 Å². The molecule has 1 aliphatic rings. The molecule has 0 aliphatic carbocycles. The van der Waals surface area contributed by atoms with Crippen LogP contribution in [-0.4, -0.2) is 67.0 Å². The number of nitrogens with one attached hydrogen (secondary N) is 1. The lowest BCUT2D eigenvalue weighted by atomic mass is 10.2. The van der Waals surface area contributed by atoms with Crippen LogP contribution in [0.3, 0.4) is 0 Å². The van der Waals surface area contributed by atoms with Gasteiger partial charge in [-0.25, -0.2) is 4.98 Å². The first-order valence-corrected chi connectivity index (χ1v) is 8.77. The van der Waals surface area contributed by atoms with Crippen molar-refractivity contribution in [2.75, 3.05) is 46.3 Å². The monoisotopic (exact) mass is 326 g/mol. The average Bonchev–Trinajstić information content (AvgIpc) is 2.62. The van der Waals surface area contributed by atoms with Crippen molar-refractivity contribution in [3.63, 3.8) is 0 Å². The Morgan fingerprint density at radius 2 is 1.88 bits per heavy atom. The lowest BCUT2D eigenvalue weighted by molar-refractivity contribution is 0.0947. The van der Waals surface area contributed by atoms with Gasteiger partial charge in [0, 0.05) is 38.1 Å². The van der Waals surface area contributed by atoms with E-state index < -0.39 is 0 Å². The van der Waals surface area contributed by atoms with Crippen LogP contribution in [0, 0.1) is 0 Å². The van der Waals surface area contributed by atoms with Gasteiger partial charge >= 0.3 is 0 Å². The molecule has 0 bridgehead atoms. The second-order valence-electron chi connectivity index (χ2n) is 6.50. The number of rotatable bonds is 6. The van der Waals surface area contributed by atoms with Gasteiger partial charge in [-0.15, -0.1) is 0 Å². The quantitative estimate of drug-likeness (QED) is 0.825. The summed E-state index contributed by atoms with van der Waals surface area (Å²) in [6.07, 6.45) is 2.13. The highest BCUT2D eigenvalue weighted by Gasteiger charge is 2.13. The summed E-state index contributed by atoms with van der Waals surface area (Å²) in [6, 6.07) is 11.6. The number of piperazine rings is 1. The van der Waals surface area contributed by atoms with Gasteiger partial charge in [-0.2, -0.15) is 0 Å². The molecule has 2 aromatic rings. The fourth-order valence-corrected chi connectivity index (χ4v) is 3.02. The van der Waals surface area contributed by atoms with Crippen molar-refractivity contribution in [1.29, 1.82) is 0 Å². The van der Waals surface area contributed by atoms with Gasteiger partial charge in [-0.1, -0.05) is 24.3 Å². The lowest BCUT2D eigenvalue weighted by Gasteiger charge is -2.32. The zero-order valence-electron chi connectivity index (χ0n) is 14.4. The van der Waals surface area contributed by atoms with E-state index in [9.17, 15) is 4.79 Å². The number of benzene rings is 1. The van der Waals surface area contributed by atoms with E-state index in [0.29, 0.717) is 12.2 Å². The van der Waals surface area contributed by atoms with Crippen molar-refractivity contribution >= 4 is 16.8 Å². The maximum Gasteiger partial charge on any atom is 0.269 e. The van der Waals surface area contributed by atoms with Crippen molar-refractivity contribution in [3.05, 3.63) is 42.1 Å². The molecule has 1 aliphatic heterocycles. The first-order chi connectivity index (χ1) is 11.7. The topological polar surface area (TPSA) is 48.5 Å². The minimum atomic E-state index is -0.0830. The number of carbonyl (C=O) groups is 1. The van der Waals surface area contributed by atoms with E-state index in [0.717, 1.165) is 56.5 Å². The highest BCUT2D eigenvalue weighted by molar-refractivity contribution is 5.94. The van der Waals surface area contributed by atoms with Crippen molar-refractivity contribution < 1.29 is 4.79 Å². The number of unbranched alkanes of at least 4 members (excludes halogenated alkanes) is 1. The maximum atomic E-state index is 12.2. The molecule has 0 spiro atoms. The van der Waals surface area contributed by atoms with E-state index in [2.05, 4.69) is 27.1 Å². The van der Waals surface area contributed by atoms with Crippen molar-refractivity contribution in [3.8, 4) is 0 Å². The fraction of sp³-hybridized carbons (Fsp3) is 0.474. The summed E-state index contributed by atoms with van der Waals surface area (Å²) in [5.41, 5.74) is 1.35. The van der Waals surface area contributed by atoms with Crippen molar-refractivity contribution in [2.45, 2.75) is 12.8 Å². The van der Waals surface area contributed by atoms with Gasteiger partial charge in [0.15, 0.2) is 0 Å². The van der Waals surface area contributed by atoms with Crippen LogP contribution >= 0.6 is 0 Å². The number of pyridine rings is 1. The molecule has 1 saturated heterocycles. The van der Waals surface area contributed by atoms with E-state index in [1.165, 1.54) is 0 Å². The van der Waals surface area contributed by atoms with E-state index in [1.54, 1.807) is 6.07 Å². The van der Waals surface area contributed by atoms with Crippen LogP contribution in [0.1, 0.15) is 23.3 Å². The number of hydrogen-bond acceptors (Lipinski definition) is 4. The molecule has 0 unspecified atom stereocenters. The summed E-state index contributed by atoms with van der Waals surface area (Å²) >= 11 is 0. The smallest absolute Gasteiger partial charge is 0.269 e. The average molecular weight is 326 g/mol. The third-order valence-corrected chi connectivity index (χ3v) is 4.61. The molecule has 5 nitrogen and oxygen atoms in total. The molecule has 2 heterocycles. The van der Waals surface area contributed by atoms with Crippen LogP contribution in [0.15, 0.2) is 36.4 Å². The van der Waals surface area contributed by atoms with Crippen molar-refractivity contribution in [1.82, 2.24) is 20.1 Å². The van der Waals surface area contributed by atoms with E-state index in [1.807, 2.05) is 30.3 Å². The third kappa shape index (κ3) is 4.52. The highest BCUT2D eigenvalue weighted by Crippen LogP contribution is 2.11. The Bertz CT molecular complexity index is 680. The molecule has 3 rings (SSSR count). The largest absolute Gasteiger partial charge is 0.351 e. The Morgan fingerprint density at radius 1 is 1.08 bits per heavy atom. The fourth-order valence-electron chi connectivity index (χ4n) is 3.02. The van der Waals surface area contributed by atoms with Crippen LogP contribution in [0.5, 0.6) is 0 Å². The van der Waals surface area contributed by atoms with Gasteiger partial charge in [0.1, 0.15) is 5.69 Å². The number of carbonyl (C=O) groups excluding carboxylic acids is 1. The molecule has 1 amide bonds. The number of amides is 1. The Labute approximate surface area is 143 Å². The molecular weight excluding hydrogens is 300 g/mol. The SMILES string of the molecule is CN1CCN(CCCCNC(=O)c2ccc3ccccc3n2)CC1. The number of aromatic nitrogens is 1. The van der Waals surface area contributed by atoms with Gasteiger partial charge in [0.05, 0.1) is 5.52 Å². The van der Waals surface area contributed by atoms with Crippen molar-refractivity contribution in [2.24, 2.45) is 0 Å². The summed E-state index contributed by atoms with van der Waals surface area (Å²) in [5, 5.41) is 4.04. The third-order valence-electron chi connectivity index (χ3n) is 4.61. The number of nitrogens with zero attached hydrogens (tertiary/aromatic N) is 3. The summed E-state index contributed by atoms with van der Waals surface area (Å²) in [7, 11) is 2.17. The molecule has 0 saturated carbocycles. The molecular formula is C19H26N4O. The molecule has 1 N–H and O–H groups in total. The molecule has 5 heteroatoms. The van der Waals surface area contributed by atoms with E-state index >= 15 is 0 Å². The Kier molecular flexibility index (Phi) is 5.77. The predicted octanol–water partition coefficient (Wildman–Crippen LogP) is 1.99. The minimum Gasteiger partial charge on any atom is -0.351 e. The summed E-state index contributed by atoms with van der Waals surface area (Å²) < 4.78 is 0. The van der Waals surface area contributed by atoms with Crippen LogP contribution in [0.25, 0.3) is 10.9 Å². The zero-order chi connectivity index (χ0) is 16.8. The molecule has 128 valence electrons. The molecule has 0 radical (unpaired) electrons. The Morgan fingerprint density at radius 3 is 2.71 bits per heavy atom. The lowest BCUT2D eigenvalue weighted by Crippen LogP contribution is -2.44.